The van der Waals surface area contributed by atoms with Crippen LogP contribution in [-0.2, 0) is 31.4 Å². The van der Waals surface area contributed by atoms with Gasteiger partial charge in [0.1, 0.15) is 0 Å². The molecule has 1 amide bonds. The Morgan fingerprint density at radius 2 is 1.51 bits per heavy atom. The molecule has 1 N–H and O–H groups in total. The Morgan fingerprint density at radius 1 is 0.897 bits per heavy atom. The topological polar surface area (TPSA) is 107 Å². The van der Waals surface area contributed by atoms with E-state index in [1.807, 2.05) is 14.0 Å². The van der Waals surface area contributed by atoms with E-state index in [4.69, 9.17) is 11.6 Å². The van der Waals surface area contributed by atoms with Gasteiger partial charge >= 0.3 is 0 Å². The van der Waals surface area contributed by atoms with Crippen LogP contribution in [0.1, 0.15) is 11.1 Å². The van der Waals surface area contributed by atoms with Gasteiger partial charge in [-0.15, -0.1) is 0 Å². The molecule has 208 valence electrons. The third kappa shape index (κ3) is 7.24. The predicted octanol–water partition coefficient (Wildman–Crippen LogP) is 3.41. The molecule has 1 aliphatic heterocycles. The van der Waals surface area contributed by atoms with Crippen LogP contribution in [0, 0.1) is 6.92 Å². The number of likely N-dealkylation sites (N-methyl/N-ethyl adjacent to an activating group) is 1. The summed E-state index contributed by atoms with van der Waals surface area (Å²) in [7, 11) is -5.71. The molecule has 0 radical (unpaired) electrons. The molecule has 0 unspecified atom stereocenters. The molecular formula is C27H31ClN4O5S2. The second-order valence-corrected chi connectivity index (χ2v) is 13.8. The van der Waals surface area contributed by atoms with Gasteiger partial charge in [-0.1, -0.05) is 41.4 Å². The second kappa shape index (κ2) is 12.2. The molecule has 9 nitrogen and oxygen atoms in total. The summed E-state index contributed by atoms with van der Waals surface area (Å²) in [6.45, 7) is 3.48. The summed E-state index contributed by atoms with van der Waals surface area (Å²) in [5.41, 5.74) is 1.89. The van der Waals surface area contributed by atoms with Crippen LogP contribution < -0.4 is 5.32 Å². The van der Waals surface area contributed by atoms with Crippen molar-refractivity contribution < 1.29 is 21.6 Å². The summed E-state index contributed by atoms with van der Waals surface area (Å²) in [5.74, 6) is -0.567. The Kier molecular flexibility index (Phi) is 9.10. The third-order valence-corrected chi connectivity index (χ3v) is 10.4. The van der Waals surface area contributed by atoms with Crippen LogP contribution >= 0.6 is 11.6 Å². The lowest BCUT2D eigenvalue weighted by molar-refractivity contribution is -0.116. The average molecular weight is 591 g/mol. The molecule has 0 aliphatic carbocycles. The molecule has 1 fully saturated rings. The minimum atomic E-state index is -4.02. The van der Waals surface area contributed by atoms with Gasteiger partial charge in [0.15, 0.2) is 0 Å². The van der Waals surface area contributed by atoms with Gasteiger partial charge in [0.25, 0.3) is 0 Å². The minimum absolute atomic E-state index is 0.0631. The van der Waals surface area contributed by atoms with Crippen LogP contribution in [0.2, 0.25) is 5.02 Å². The van der Waals surface area contributed by atoms with Crippen molar-refractivity contribution in [2.24, 2.45) is 0 Å². The Hall–Kier alpha value is -2.80. The van der Waals surface area contributed by atoms with Gasteiger partial charge in [0, 0.05) is 43.4 Å². The Morgan fingerprint density at radius 3 is 2.13 bits per heavy atom. The van der Waals surface area contributed by atoms with Crippen LogP contribution in [0.3, 0.4) is 0 Å². The quantitative estimate of drug-likeness (QED) is 0.409. The van der Waals surface area contributed by atoms with Gasteiger partial charge in [0.2, 0.25) is 26.0 Å². The number of aryl methyl sites for hydroxylation is 1. The molecule has 1 aliphatic rings. The minimum Gasteiger partial charge on any atom is -0.325 e. The highest BCUT2D eigenvalue weighted by Crippen LogP contribution is 2.22. The number of carbonyl (C=O) groups is 1. The number of halogens is 1. The maximum atomic E-state index is 13.5. The van der Waals surface area contributed by atoms with Crippen LogP contribution in [0.25, 0.3) is 0 Å². The van der Waals surface area contributed by atoms with E-state index in [-0.39, 0.29) is 16.3 Å². The molecule has 12 heteroatoms. The fourth-order valence-corrected chi connectivity index (χ4v) is 7.19. The summed E-state index contributed by atoms with van der Waals surface area (Å²) in [6.07, 6.45) is 0. The van der Waals surface area contributed by atoms with E-state index in [2.05, 4.69) is 10.2 Å². The van der Waals surface area contributed by atoms with Crippen molar-refractivity contribution in [3.8, 4) is 0 Å². The monoisotopic (exact) mass is 590 g/mol. The molecule has 1 saturated heterocycles. The molecule has 39 heavy (non-hydrogen) atoms. The number of carbonyl (C=O) groups excluding carboxylic acids is 1. The molecule has 0 atom stereocenters. The number of nitrogens with zero attached hydrogens (tertiary/aromatic N) is 3. The van der Waals surface area contributed by atoms with Crippen molar-refractivity contribution in [1.82, 2.24) is 13.5 Å². The summed E-state index contributed by atoms with van der Waals surface area (Å²) in [5, 5.41) is 3.13. The number of benzene rings is 3. The number of sulfonamides is 2. The van der Waals surface area contributed by atoms with E-state index in [0.717, 1.165) is 9.87 Å². The smallest absolute Gasteiger partial charge is 0.243 e. The highest BCUT2D eigenvalue weighted by atomic mass is 35.5. The number of rotatable bonds is 9. The van der Waals surface area contributed by atoms with Gasteiger partial charge in [-0.3, -0.25) is 4.79 Å². The van der Waals surface area contributed by atoms with Gasteiger partial charge in [0.05, 0.1) is 16.3 Å². The molecule has 0 aromatic heterocycles. The number of amides is 1. The lowest BCUT2D eigenvalue weighted by Gasteiger charge is -2.31. The number of piperazine rings is 1. The lowest BCUT2D eigenvalue weighted by atomic mass is 10.2. The zero-order valence-electron chi connectivity index (χ0n) is 21.7. The first-order valence-corrected chi connectivity index (χ1v) is 15.6. The van der Waals surface area contributed by atoms with Crippen molar-refractivity contribution >= 4 is 43.2 Å². The summed E-state index contributed by atoms with van der Waals surface area (Å²) < 4.78 is 55.5. The number of anilines is 1. The molecule has 4 rings (SSSR count). The fraction of sp³-hybridized carbons (Fsp3) is 0.296. The molecule has 0 spiro atoms. The van der Waals surface area contributed by atoms with Crippen molar-refractivity contribution in [2.75, 3.05) is 45.1 Å². The number of hydrogen-bond acceptors (Lipinski definition) is 6. The average Bonchev–Trinajstić information content (AvgIpc) is 2.89. The zero-order valence-corrected chi connectivity index (χ0v) is 24.1. The van der Waals surface area contributed by atoms with Crippen LogP contribution in [-0.4, -0.2) is 76.0 Å². The number of nitrogens with one attached hydrogen (secondary N) is 1. The van der Waals surface area contributed by atoms with Gasteiger partial charge in [-0.2, -0.15) is 8.61 Å². The maximum Gasteiger partial charge on any atom is 0.243 e. The maximum absolute atomic E-state index is 13.5. The standard InChI is InChI=1S/C27H31ClN4O5S2/c1-21-6-10-25(11-7-21)39(36,37)32(19-22-4-3-5-23(28)18-22)20-27(33)29-24-8-12-26(13-9-24)38(34,35)31-16-14-30(2)15-17-31/h3-13,18H,14-17,19-20H2,1-2H3,(H,29,33). The highest BCUT2D eigenvalue weighted by molar-refractivity contribution is 7.89. The first-order valence-electron chi connectivity index (χ1n) is 12.3. The Bertz CT molecular complexity index is 1520. The molecular weight excluding hydrogens is 560 g/mol. The van der Waals surface area contributed by atoms with Gasteiger partial charge in [-0.25, -0.2) is 16.8 Å². The molecule has 3 aromatic carbocycles. The van der Waals surface area contributed by atoms with E-state index in [0.29, 0.717) is 42.5 Å². The molecule has 0 bridgehead atoms. The predicted molar refractivity (Wildman–Crippen MR) is 152 cm³/mol. The Balaban J connectivity index is 1.50. The second-order valence-electron chi connectivity index (χ2n) is 9.50. The lowest BCUT2D eigenvalue weighted by Crippen LogP contribution is -2.46. The fourth-order valence-electron chi connectivity index (χ4n) is 4.17. The van der Waals surface area contributed by atoms with E-state index in [1.165, 1.54) is 40.7 Å². The highest BCUT2D eigenvalue weighted by Gasteiger charge is 2.29. The first-order chi connectivity index (χ1) is 18.4. The number of hydrogen-bond donors (Lipinski definition) is 1. The molecule has 0 saturated carbocycles. The summed E-state index contributed by atoms with van der Waals surface area (Å²) >= 11 is 6.10. The summed E-state index contributed by atoms with van der Waals surface area (Å²) in [6, 6.07) is 19.1. The van der Waals surface area contributed by atoms with E-state index >= 15 is 0 Å². The van der Waals surface area contributed by atoms with E-state index in [1.54, 1.807) is 36.4 Å². The SMILES string of the molecule is Cc1ccc(S(=O)(=O)N(CC(=O)Nc2ccc(S(=O)(=O)N3CCN(C)CC3)cc2)Cc2cccc(Cl)c2)cc1. The van der Waals surface area contributed by atoms with Crippen molar-refractivity contribution in [2.45, 2.75) is 23.3 Å². The van der Waals surface area contributed by atoms with Crippen molar-refractivity contribution in [3.63, 3.8) is 0 Å². The van der Waals surface area contributed by atoms with Crippen LogP contribution in [0.4, 0.5) is 5.69 Å². The third-order valence-electron chi connectivity index (χ3n) is 6.46. The van der Waals surface area contributed by atoms with Crippen molar-refractivity contribution in [1.29, 1.82) is 0 Å². The Labute approximate surface area is 235 Å². The first kappa shape index (κ1) is 29.2. The van der Waals surface area contributed by atoms with Gasteiger partial charge < -0.3 is 10.2 Å². The molecule has 1 heterocycles. The van der Waals surface area contributed by atoms with Gasteiger partial charge in [-0.05, 0) is 68.1 Å². The largest absolute Gasteiger partial charge is 0.325 e. The zero-order chi connectivity index (χ0) is 28.2. The van der Waals surface area contributed by atoms with Crippen LogP contribution in [0.15, 0.2) is 82.6 Å². The van der Waals surface area contributed by atoms with E-state index in [9.17, 15) is 21.6 Å². The van der Waals surface area contributed by atoms with Crippen molar-refractivity contribution in [3.05, 3.63) is 88.9 Å². The molecule has 3 aromatic rings. The van der Waals surface area contributed by atoms with E-state index < -0.39 is 32.5 Å². The normalized spacial score (nSPS) is 15.4. The van der Waals surface area contributed by atoms with Crippen LogP contribution in [0.5, 0.6) is 0 Å². The summed E-state index contributed by atoms with van der Waals surface area (Å²) in [4.78, 5) is 15.3.